The Bertz CT molecular complexity index is 557. The van der Waals surface area contributed by atoms with Crippen molar-refractivity contribution in [2.75, 3.05) is 5.75 Å². The van der Waals surface area contributed by atoms with E-state index < -0.39 is 30.2 Å². The zero-order valence-electron chi connectivity index (χ0n) is 11.1. The van der Waals surface area contributed by atoms with Gasteiger partial charge in [0.05, 0.1) is 12.2 Å². The zero-order valence-corrected chi connectivity index (χ0v) is 11.9. The lowest BCUT2D eigenvalue weighted by Crippen LogP contribution is -2.44. The summed E-state index contributed by atoms with van der Waals surface area (Å²) < 4.78 is 1.90. The van der Waals surface area contributed by atoms with Crippen LogP contribution in [0, 0.1) is 0 Å². The van der Waals surface area contributed by atoms with Crippen LogP contribution >= 0.6 is 11.8 Å². The predicted octanol–water partition coefficient (Wildman–Crippen LogP) is -0.850. The van der Waals surface area contributed by atoms with Gasteiger partial charge in [-0.2, -0.15) is 0 Å². The number of hydrogen-bond acceptors (Lipinski definition) is 6. The van der Waals surface area contributed by atoms with E-state index >= 15 is 0 Å². The summed E-state index contributed by atoms with van der Waals surface area (Å²) in [4.78, 5) is 33.4. The summed E-state index contributed by atoms with van der Waals surface area (Å²) in [6, 6.07) is -0.913. The number of rotatable bonds is 8. The molecule has 0 unspecified atom stereocenters. The standard InChI is InChI=1S/C11H15N5O4S/c12-8(17)3-7(10(19)20)14-9(18)4-21-11-15-13-5-16(11)6-1-2-6/h5-7H,1-4H2,(H2,12,17)(H,14,18)(H,19,20)/t7-/m0/s1. The number of carboxylic acids is 1. The minimum atomic E-state index is -1.31. The molecule has 0 spiro atoms. The average molecular weight is 313 g/mol. The molecule has 0 saturated heterocycles. The van der Waals surface area contributed by atoms with Gasteiger partial charge in [-0.15, -0.1) is 10.2 Å². The van der Waals surface area contributed by atoms with E-state index in [-0.39, 0.29) is 5.75 Å². The largest absolute Gasteiger partial charge is 0.480 e. The third-order valence-electron chi connectivity index (χ3n) is 2.85. The van der Waals surface area contributed by atoms with Gasteiger partial charge < -0.3 is 20.7 Å². The summed E-state index contributed by atoms with van der Waals surface area (Å²) in [7, 11) is 0. The summed E-state index contributed by atoms with van der Waals surface area (Å²) in [6.45, 7) is 0. The number of hydrogen-bond donors (Lipinski definition) is 3. The highest BCUT2D eigenvalue weighted by Gasteiger charge is 2.27. The maximum absolute atomic E-state index is 11.7. The average Bonchev–Trinajstić information content (AvgIpc) is 3.14. The molecule has 1 aromatic rings. The molecule has 0 radical (unpaired) electrons. The molecular formula is C11H15N5O4S. The number of nitrogens with zero attached hydrogens (tertiary/aromatic N) is 3. The monoisotopic (exact) mass is 313 g/mol. The van der Waals surface area contributed by atoms with E-state index in [1.54, 1.807) is 6.33 Å². The molecule has 1 fully saturated rings. The van der Waals surface area contributed by atoms with Gasteiger partial charge in [-0.05, 0) is 12.8 Å². The first-order chi connectivity index (χ1) is 9.97. The van der Waals surface area contributed by atoms with Crippen molar-refractivity contribution in [2.24, 2.45) is 5.73 Å². The molecule has 1 heterocycles. The number of nitrogens with one attached hydrogen (secondary N) is 1. The Labute approximate surface area is 124 Å². The van der Waals surface area contributed by atoms with Gasteiger partial charge in [0, 0.05) is 6.04 Å². The molecule has 2 rings (SSSR count). The van der Waals surface area contributed by atoms with Crippen LogP contribution in [0.2, 0.25) is 0 Å². The second-order valence-corrected chi connectivity index (χ2v) is 5.61. The zero-order chi connectivity index (χ0) is 15.4. The number of carbonyl (C=O) groups excluding carboxylic acids is 2. The Morgan fingerprint density at radius 2 is 2.24 bits per heavy atom. The van der Waals surface area contributed by atoms with Crippen molar-refractivity contribution in [3.8, 4) is 0 Å². The first-order valence-corrected chi connectivity index (χ1v) is 7.28. The lowest BCUT2D eigenvalue weighted by atomic mass is 10.2. The smallest absolute Gasteiger partial charge is 0.326 e. The molecule has 1 aliphatic rings. The van der Waals surface area contributed by atoms with Crippen molar-refractivity contribution in [3.05, 3.63) is 6.33 Å². The maximum atomic E-state index is 11.7. The lowest BCUT2D eigenvalue weighted by molar-refractivity contribution is -0.143. The molecule has 10 heteroatoms. The summed E-state index contributed by atoms with van der Waals surface area (Å²) >= 11 is 1.17. The van der Waals surface area contributed by atoms with Crippen LogP contribution in [0.15, 0.2) is 11.5 Å². The summed E-state index contributed by atoms with van der Waals surface area (Å²) in [5.74, 6) is -2.59. The highest BCUT2D eigenvalue weighted by molar-refractivity contribution is 7.99. The van der Waals surface area contributed by atoms with Gasteiger partial charge in [-0.1, -0.05) is 11.8 Å². The number of nitrogens with two attached hydrogens (primary N) is 1. The summed E-state index contributed by atoms with van der Waals surface area (Å²) in [6.07, 6.45) is 3.31. The van der Waals surface area contributed by atoms with E-state index in [9.17, 15) is 14.4 Å². The quantitative estimate of drug-likeness (QED) is 0.531. The van der Waals surface area contributed by atoms with Crippen molar-refractivity contribution in [1.29, 1.82) is 0 Å². The highest BCUT2D eigenvalue weighted by Crippen LogP contribution is 2.37. The molecule has 1 aliphatic carbocycles. The van der Waals surface area contributed by atoms with Gasteiger partial charge in [-0.3, -0.25) is 9.59 Å². The van der Waals surface area contributed by atoms with Crippen LogP contribution in [0.4, 0.5) is 0 Å². The van der Waals surface area contributed by atoms with Crippen LogP contribution < -0.4 is 11.1 Å². The van der Waals surface area contributed by atoms with Crippen molar-refractivity contribution in [3.63, 3.8) is 0 Å². The van der Waals surface area contributed by atoms with Gasteiger partial charge in [0.25, 0.3) is 0 Å². The Hall–Kier alpha value is -2.10. The highest BCUT2D eigenvalue weighted by atomic mass is 32.2. The first kappa shape index (κ1) is 15.3. The third kappa shape index (κ3) is 4.45. The Morgan fingerprint density at radius 1 is 1.52 bits per heavy atom. The number of primary amides is 1. The molecule has 1 atom stereocenters. The topological polar surface area (TPSA) is 140 Å². The van der Waals surface area contributed by atoms with Crippen molar-refractivity contribution in [2.45, 2.75) is 36.5 Å². The van der Waals surface area contributed by atoms with Crippen LogP contribution in [0.5, 0.6) is 0 Å². The Kier molecular flexibility index (Phi) is 4.78. The lowest BCUT2D eigenvalue weighted by Gasteiger charge is -2.12. The van der Waals surface area contributed by atoms with E-state index in [4.69, 9.17) is 10.8 Å². The van der Waals surface area contributed by atoms with E-state index in [0.29, 0.717) is 11.2 Å². The minimum absolute atomic E-state index is 0.00600. The SMILES string of the molecule is NC(=O)C[C@H](NC(=O)CSc1nncn1C1CC1)C(=O)O. The van der Waals surface area contributed by atoms with E-state index in [1.165, 1.54) is 11.8 Å². The Balaban J connectivity index is 1.84. The molecular weight excluding hydrogens is 298 g/mol. The normalized spacial score (nSPS) is 15.4. The second kappa shape index (κ2) is 6.57. The molecule has 2 amide bonds. The number of carbonyl (C=O) groups is 3. The van der Waals surface area contributed by atoms with Crippen LogP contribution in [0.3, 0.4) is 0 Å². The fourth-order valence-corrected chi connectivity index (χ4v) is 2.50. The molecule has 1 saturated carbocycles. The molecule has 114 valence electrons. The van der Waals surface area contributed by atoms with Gasteiger partial charge in [0.1, 0.15) is 12.4 Å². The van der Waals surface area contributed by atoms with Crippen LogP contribution in [0.25, 0.3) is 0 Å². The molecule has 4 N–H and O–H groups in total. The molecule has 0 aromatic carbocycles. The number of aromatic nitrogens is 3. The first-order valence-electron chi connectivity index (χ1n) is 6.30. The number of amides is 2. The predicted molar refractivity (Wildman–Crippen MR) is 72.4 cm³/mol. The number of carboxylic acid groups (broad SMARTS) is 1. The molecule has 21 heavy (non-hydrogen) atoms. The van der Waals surface area contributed by atoms with Crippen LogP contribution in [0.1, 0.15) is 25.3 Å². The summed E-state index contributed by atoms with van der Waals surface area (Å²) in [5.41, 5.74) is 4.94. The van der Waals surface area contributed by atoms with Gasteiger partial charge >= 0.3 is 5.97 Å². The molecule has 0 bridgehead atoms. The molecule has 9 nitrogen and oxygen atoms in total. The fraction of sp³-hybridized carbons (Fsp3) is 0.545. The molecule has 0 aliphatic heterocycles. The van der Waals surface area contributed by atoms with Crippen LogP contribution in [-0.2, 0) is 14.4 Å². The van der Waals surface area contributed by atoms with Gasteiger partial charge in [0.15, 0.2) is 5.16 Å². The summed E-state index contributed by atoms with van der Waals surface area (Å²) in [5, 5.41) is 19.5. The number of aliphatic carboxylic acids is 1. The maximum Gasteiger partial charge on any atom is 0.326 e. The van der Waals surface area contributed by atoms with Gasteiger partial charge in [0.2, 0.25) is 11.8 Å². The van der Waals surface area contributed by atoms with Crippen molar-refractivity contribution < 1.29 is 19.5 Å². The van der Waals surface area contributed by atoms with Crippen molar-refractivity contribution in [1.82, 2.24) is 20.1 Å². The third-order valence-corrected chi connectivity index (χ3v) is 3.81. The molecule has 1 aromatic heterocycles. The second-order valence-electron chi connectivity index (χ2n) is 4.67. The Morgan fingerprint density at radius 3 is 2.81 bits per heavy atom. The number of thioether (sulfide) groups is 1. The van der Waals surface area contributed by atoms with Crippen molar-refractivity contribution >= 4 is 29.5 Å². The van der Waals surface area contributed by atoms with Gasteiger partial charge in [-0.25, -0.2) is 4.79 Å². The van der Waals surface area contributed by atoms with E-state index in [2.05, 4.69) is 15.5 Å². The fourth-order valence-electron chi connectivity index (χ4n) is 1.71. The van der Waals surface area contributed by atoms with Crippen LogP contribution in [-0.4, -0.2) is 49.4 Å². The minimum Gasteiger partial charge on any atom is -0.480 e. The van der Waals surface area contributed by atoms with E-state index in [1.807, 2.05) is 4.57 Å². The van der Waals surface area contributed by atoms with E-state index in [0.717, 1.165) is 12.8 Å².